The number of hydrogen-bond donors (Lipinski definition) is 1. The lowest BCUT2D eigenvalue weighted by Gasteiger charge is -2.14. The van der Waals surface area contributed by atoms with Crippen molar-refractivity contribution in [3.05, 3.63) is 40.1 Å². The van der Waals surface area contributed by atoms with Crippen molar-refractivity contribution in [3.8, 4) is 0 Å². The maximum absolute atomic E-state index is 10.7. The van der Waals surface area contributed by atoms with Gasteiger partial charge in [-0.25, -0.2) is 0 Å². The molecule has 0 amide bonds. The fourth-order valence-corrected chi connectivity index (χ4v) is 2.19. The van der Waals surface area contributed by atoms with Gasteiger partial charge in [0.25, 0.3) is 12.2 Å². The number of nitro groups is 1. The molecule has 1 aromatic heterocycles. The van der Waals surface area contributed by atoms with Gasteiger partial charge in [-0.3, -0.25) is 14.9 Å². The predicted octanol–water partition coefficient (Wildman–Crippen LogP) is 4.44. The number of hydrogen-bond acceptors (Lipinski definition) is 5. The molecule has 0 aliphatic carbocycles. The maximum Gasteiger partial charge on any atom is 0.293 e. The summed E-state index contributed by atoms with van der Waals surface area (Å²) in [5, 5.41) is 20.8. The lowest BCUT2D eigenvalue weighted by Crippen LogP contribution is -2.17. The molecule has 0 saturated carbocycles. The van der Waals surface area contributed by atoms with Gasteiger partial charge in [0.05, 0.1) is 11.5 Å². The monoisotopic (exact) mass is 366 g/mol. The summed E-state index contributed by atoms with van der Waals surface area (Å²) < 4.78 is 6.55. The van der Waals surface area contributed by atoms with Gasteiger partial charge in [-0.1, -0.05) is 20.8 Å². The minimum atomic E-state index is -0.408. The van der Waals surface area contributed by atoms with Crippen LogP contribution < -0.4 is 0 Å². The van der Waals surface area contributed by atoms with Gasteiger partial charge < -0.3 is 14.4 Å². The lowest BCUT2D eigenvalue weighted by molar-refractivity contribution is -0.384. The molecule has 0 unspecified atom stereocenters. The van der Waals surface area contributed by atoms with Crippen LogP contribution in [-0.4, -0.2) is 26.7 Å². The van der Waals surface area contributed by atoms with Crippen LogP contribution in [0.2, 0.25) is 0 Å². The first-order valence-corrected chi connectivity index (χ1v) is 8.72. The molecular formula is C19H30N2O5. The molecular weight excluding hydrogens is 336 g/mol. The molecule has 1 N–H and O–H groups in total. The molecule has 0 fully saturated rings. The van der Waals surface area contributed by atoms with Gasteiger partial charge in [0.15, 0.2) is 0 Å². The summed E-state index contributed by atoms with van der Waals surface area (Å²) in [4.78, 5) is 19.9. The Morgan fingerprint density at radius 1 is 1.27 bits per heavy atom. The fraction of sp³-hybridized carbons (Fsp3) is 0.526. The van der Waals surface area contributed by atoms with E-state index in [-0.39, 0.29) is 17.9 Å². The Morgan fingerprint density at radius 3 is 2.27 bits per heavy atom. The summed E-state index contributed by atoms with van der Waals surface area (Å²) in [6, 6.07) is 6.58. The van der Waals surface area contributed by atoms with Crippen LogP contribution in [0.3, 0.4) is 0 Å². The number of aliphatic hydroxyl groups excluding tert-OH is 1. The van der Waals surface area contributed by atoms with Crippen LogP contribution in [0.25, 0.3) is 10.9 Å². The zero-order chi connectivity index (χ0) is 20.3. The first-order valence-electron chi connectivity index (χ1n) is 8.72. The van der Waals surface area contributed by atoms with E-state index in [1.54, 1.807) is 18.2 Å². The van der Waals surface area contributed by atoms with Gasteiger partial charge in [-0.05, 0) is 39.3 Å². The normalized spacial score (nSPS) is 10.3. The molecule has 7 nitrogen and oxygen atoms in total. The average molecular weight is 366 g/mol. The molecule has 0 saturated heterocycles. The number of ether oxygens (including phenoxy) is 1. The topological polar surface area (TPSA) is 94.6 Å². The average Bonchev–Trinajstić information content (AvgIpc) is 2.93. The molecule has 0 bridgehead atoms. The smallest absolute Gasteiger partial charge is 0.293 e. The molecule has 0 spiro atoms. The first-order chi connectivity index (χ1) is 12.2. The quantitative estimate of drug-likeness (QED) is 0.480. The Balaban J connectivity index is 0.000000589. The van der Waals surface area contributed by atoms with Crippen LogP contribution in [0.1, 0.15) is 53.7 Å². The van der Waals surface area contributed by atoms with E-state index < -0.39 is 4.92 Å². The van der Waals surface area contributed by atoms with E-state index in [2.05, 4.69) is 11.7 Å². The van der Waals surface area contributed by atoms with Crippen LogP contribution >= 0.6 is 0 Å². The summed E-state index contributed by atoms with van der Waals surface area (Å²) in [6.45, 7) is 12.7. The Labute approximate surface area is 154 Å². The van der Waals surface area contributed by atoms with Gasteiger partial charge in [0.1, 0.15) is 5.60 Å². The van der Waals surface area contributed by atoms with Crippen LogP contribution in [0.4, 0.5) is 5.69 Å². The van der Waals surface area contributed by atoms with Crippen molar-refractivity contribution in [2.45, 2.75) is 66.7 Å². The summed E-state index contributed by atoms with van der Waals surface area (Å²) in [6.07, 6.45) is 0.952. The van der Waals surface area contributed by atoms with E-state index in [0.29, 0.717) is 6.47 Å². The summed E-state index contributed by atoms with van der Waals surface area (Å²) in [5.41, 5.74) is 1.49. The standard InChI is InChI=1S/C12H14N2O3.C5H10O2.C2H6/c1-2-5-13-11(8-15)7-9-6-10(14(16)17)3-4-12(9)13;1-5(2,3)7-4-6;1-2/h3-4,6-7,15H,2,5,8H2,1H3;4H,1-3H3;1-2H3. The SMILES string of the molecule is CC.CC(C)(C)OC=O.CCCn1c(CO)cc2cc([N+](=O)[O-])ccc21. The third kappa shape index (κ3) is 7.23. The number of non-ortho nitro benzene ring substituents is 1. The number of aliphatic hydroxyl groups is 1. The highest BCUT2D eigenvalue weighted by Gasteiger charge is 2.12. The molecule has 0 atom stereocenters. The number of carbonyl (C=O) groups excluding carboxylic acids is 1. The summed E-state index contributed by atoms with van der Waals surface area (Å²) in [7, 11) is 0. The molecule has 0 aliphatic heterocycles. The number of benzene rings is 1. The van der Waals surface area contributed by atoms with Crippen LogP contribution in [0.15, 0.2) is 24.3 Å². The van der Waals surface area contributed by atoms with Gasteiger partial charge in [0, 0.05) is 35.3 Å². The molecule has 1 aromatic carbocycles. The largest absolute Gasteiger partial charge is 0.462 e. The second-order valence-electron chi connectivity index (χ2n) is 6.27. The number of fused-ring (bicyclic) bond motifs is 1. The first kappa shape index (κ1) is 23.6. The van der Waals surface area contributed by atoms with Crippen molar-refractivity contribution >= 4 is 23.1 Å². The van der Waals surface area contributed by atoms with E-state index in [0.717, 1.165) is 29.6 Å². The highest BCUT2D eigenvalue weighted by atomic mass is 16.6. The Hall–Kier alpha value is -2.41. The summed E-state index contributed by atoms with van der Waals surface area (Å²) >= 11 is 0. The molecule has 26 heavy (non-hydrogen) atoms. The second-order valence-corrected chi connectivity index (χ2v) is 6.27. The Morgan fingerprint density at radius 2 is 1.88 bits per heavy atom. The maximum atomic E-state index is 10.7. The zero-order valence-electron chi connectivity index (χ0n) is 16.5. The number of aromatic nitrogens is 1. The van der Waals surface area contributed by atoms with Crippen molar-refractivity contribution < 1.29 is 19.6 Å². The van der Waals surface area contributed by atoms with Gasteiger partial charge in [-0.2, -0.15) is 0 Å². The van der Waals surface area contributed by atoms with Gasteiger partial charge in [-0.15, -0.1) is 0 Å². The predicted molar refractivity (Wildman–Crippen MR) is 103 cm³/mol. The number of nitro benzene ring substituents is 1. The second kappa shape index (κ2) is 11.3. The van der Waals surface area contributed by atoms with E-state index in [4.69, 9.17) is 0 Å². The minimum absolute atomic E-state index is 0.0531. The van der Waals surface area contributed by atoms with E-state index in [1.807, 2.05) is 39.2 Å². The van der Waals surface area contributed by atoms with E-state index >= 15 is 0 Å². The number of carbonyl (C=O) groups is 1. The van der Waals surface area contributed by atoms with Crippen LogP contribution in [0.5, 0.6) is 0 Å². The third-order valence-electron chi connectivity index (χ3n) is 3.19. The molecule has 146 valence electrons. The molecule has 7 heteroatoms. The Kier molecular flexibility index (Phi) is 10.2. The minimum Gasteiger partial charge on any atom is -0.462 e. The van der Waals surface area contributed by atoms with Crippen molar-refractivity contribution in [3.63, 3.8) is 0 Å². The zero-order valence-corrected chi connectivity index (χ0v) is 16.5. The number of aryl methyl sites for hydroxylation is 1. The molecule has 2 aromatic rings. The Bertz CT molecular complexity index is 702. The highest BCUT2D eigenvalue weighted by molar-refractivity contribution is 5.83. The van der Waals surface area contributed by atoms with Crippen LogP contribution in [0, 0.1) is 10.1 Å². The van der Waals surface area contributed by atoms with Gasteiger partial charge >= 0.3 is 0 Å². The lowest BCUT2D eigenvalue weighted by atomic mass is 10.2. The van der Waals surface area contributed by atoms with Crippen molar-refractivity contribution in [1.29, 1.82) is 0 Å². The van der Waals surface area contributed by atoms with Crippen molar-refractivity contribution in [1.82, 2.24) is 4.57 Å². The van der Waals surface area contributed by atoms with Crippen molar-refractivity contribution in [2.24, 2.45) is 0 Å². The number of nitrogens with zero attached hydrogens (tertiary/aromatic N) is 2. The summed E-state index contributed by atoms with van der Waals surface area (Å²) in [5.74, 6) is 0. The highest BCUT2D eigenvalue weighted by Crippen LogP contribution is 2.25. The van der Waals surface area contributed by atoms with Crippen LogP contribution in [-0.2, 0) is 22.7 Å². The third-order valence-corrected chi connectivity index (χ3v) is 3.19. The van der Waals surface area contributed by atoms with E-state index in [9.17, 15) is 20.0 Å². The molecule has 0 radical (unpaired) electrons. The molecule has 1 heterocycles. The van der Waals surface area contributed by atoms with Gasteiger partial charge in [0.2, 0.25) is 0 Å². The van der Waals surface area contributed by atoms with Crippen molar-refractivity contribution in [2.75, 3.05) is 0 Å². The molecule has 2 rings (SSSR count). The fourth-order valence-electron chi connectivity index (χ4n) is 2.19. The van der Waals surface area contributed by atoms with E-state index in [1.165, 1.54) is 6.07 Å². The molecule has 0 aliphatic rings. The number of rotatable bonds is 5.